The van der Waals surface area contributed by atoms with E-state index in [9.17, 15) is 4.79 Å². The summed E-state index contributed by atoms with van der Waals surface area (Å²) >= 11 is 0. The van der Waals surface area contributed by atoms with Crippen molar-refractivity contribution in [1.29, 1.82) is 0 Å². The van der Waals surface area contributed by atoms with Crippen LogP contribution in [0.1, 0.15) is 33.6 Å². The summed E-state index contributed by atoms with van der Waals surface area (Å²) in [6.07, 6.45) is 2.11. The second-order valence-corrected chi connectivity index (χ2v) is 6.20. The highest BCUT2D eigenvalue weighted by atomic mass is 16.6. The van der Waals surface area contributed by atoms with Gasteiger partial charge in [-0.25, -0.2) is 4.79 Å². The molecule has 0 aromatic rings. The molecule has 0 spiro atoms. The molecule has 0 radical (unpaired) electrons. The fraction of sp³-hybridized carbons (Fsp3) is 0.923. The minimum Gasteiger partial charge on any atom is -0.444 e. The molecule has 1 aliphatic heterocycles. The molecule has 98 valence electrons. The van der Waals surface area contributed by atoms with E-state index in [4.69, 9.17) is 4.74 Å². The van der Waals surface area contributed by atoms with Crippen LogP contribution in [0, 0.1) is 17.8 Å². The Labute approximate surface area is 103 Å². The van der Waals surface area contributed by atoms with E-state index in [0.29, 0.717) is 0 Å². The number of rotatable bonds is 3. The predicted molar refractivity (Wildman–Crippen MR) is 66.8 cm³/mol. The van der Waals surface area contributed by atoms with Gasteiger partial charge in [-0.2, -0.15) is 0 Å². The van der Waals surface area contributed by atoms with E-state index in [1.165, 1.54) is 13.0 Å². The first-order valence-corrected chi connectivity index (χ1v) is 6.65. The summed E-state index contributed by atoms with van der Waals surface area (Å²) in [6.45, 7) is 8.72. The number of ether oxygens (including phenoxy) is 1. The minimum atomic E-state index is -0.401. The number of hydrogen-bond donors (Lipinski definition) is 2. The van der Waals surface area contributed by atoms with Crippen LogP contribution in [0.4, 0.5) is 4.79 Å². The molecule has 17 heavy (non-hydrogen) atoms. The molecule has 0 bridgehead atoms. The third-order valence-corrected chi connectivity index (χ3v) is 3.69. The lowest BCUT2D eigenvalue weighted by atomic mass is 10.2. The van der Waals surface area contributed by atoms with Gasteiger partial charge < -0.3 is 15.4 Å². The quantitative estimate of drug-likeness (QED) is 0.790. The molecule has 1 aliphatic carbocycles. The molecule has 0 aromatic carbocycles. The molecule has 3 atom stereocenters. The maximum Gasteiger partial charge on any atom is 0.407 e. The standard InChI is InChI=1S/C13H24N2O2/c1-13(2,3)17-12(16)15-7-5-10-9-4-6-14-8-11(9)10/h9-11,14H,4-8H2,1-3H3,(H,15,16). The van der Waals surface area contributed by atoms with E-state index in [1.807, 2.05) is 20.8 Å². The number of amides is 1. The number of carbonyl (C=O) groups is 1. The van der Waals surface area contributed by atoms with Crippen molar-refractivity contribution in [3.63, 3.8) is 0 Å². The van der Waals surface area contributed by atoms with Crippen LogP contribution in [-0.4, -0.2) is 31.3 Å². The van der Waals surface area contributed by atoms with Crippen molar-refractivity contribution in [3.8, 4) is 0 Å². The summed E-state index contributed by atoms with van der Waals surface area (Å²) in [4.78, 5) is 11.4. The van der Waals surface area contributed by atoms with Crippen molar-refractivity contribution in [1.82, 2.24) is 10.6 Å². The molecule has 4 nitrogen and oxygen atoms in total. The Morgan fingerprint density at radius 3 is 2.76 bits per heavy atom. The van der Waals surface area contributed by atoms with E-state index in [1.54, 1.807) is 0 Å². The van der Waals surface area contributed by atoms with Crippen molar-refractivity contribution >= 4 is 6.09 Å². The lowest BCUT2D eigenvalue weighted by Crippen LogP contribution is -2.33. The van der Waals surface area contributed by atoms with Crippen molar-refractivity contribution in [2.45, 2.75) is 39.2 Å². The molecular weight excluding hydrogens is 216 g/mol. The summed E-state index contributed by atoms with van der Waals surface area (Å²) in [5.74, 6) is 2.60. The first-order valence-electron chi connectivity index (χ1n) is 6.65. The Hall–Kier alpha value is -0.770. The highest BCUT2D eigenvalue weighted by Crippen LogP contribution is 2.51. The Morgan fingerprint density at radius 2 is 2.18 bits per heavy atom. The van der Waals surface area contributed by atoms with Gasteiger partial charge >= 0.3 is 6.09 Å². The molecule has 2 N–H and O–H groups in total. The van der Waals surface area contributed by atoms with Gasteiger partial charge in [-0.3, -0.25) is 0 Å². The predicted octanol–water partition coefficient (Wildman–Crippen LogP) is 1.76. The van der Waals surface area contributed by atoms with E-state index in [0.717, 1.165) is 37.3 Å². The van der Waals surface area contributed by atoms with Gasteiger partial charge in [-0.15, -0.1) is 0 Å². The van der Waals surface area contributed by atoms with Crippen LogP contribution < -0.4 is 10.6 Å². The van der Waals surface area contributed by atoms with E-state index in [2.05, 4.69) is 10.6 Å². The number of piperidine rings is 1. The number of nitrogens with one attached hydrogen (secondary N) is 2. The zero-order valence-corrected chi connectivity index (χ0v) is 11.1. The van der Waals surface area contributed by atoms with Gasteiger partial charge in [0.25, 0.3) is 0 Å². The summed E-state index contributed by atoms with van der Waals surface area (Å²) in [6, 6.07) is 0. The Balaban J connectivity index is 1.59. The molecule has 1 saturated heterocycles. The van der Waals surface area contributed by atoms with Crippen LogP contribution in [0.5, 0.6) is 0 Å². The average Bonchev–Trinajstić information content (AvgIpc) is 2.89. The summed E-state index contributed by atoms with van der Waals surface area (Å²) in [5, 5.41) is 6.26. The summed E-state index contributed by atoms with van der Waals surface area (Å²) in [5.41, 5.74) is -0.401. The fourth-order valence-electron chi connectivity index (χ4n) is 2.88. The van der Waals surface area contributed by atoms with Crippen LogP contribution in [-0.2, 0) is 4.74 Å². The van der Waals surface area contributed by atoms with Gasteiger partial charge in [0.2, 0.25) is 0 Å². The lowest BCUT2D eigenvalue weighted by Gasteiger charge is -2.19. The normalized spacial score (nSPS) is 31.6. The highest BCUT2D eigenvalue weighted by molar-refractivity contribution is 5.67. The van der Waals surface area contributed by atoms with Crippen molar-refractivity contribution < 1.29 is 9.53 Å². The molecule has 4 heteroatoms. The minimum absolute atomic E-state index is 0.292. The number of fused-ring (bicyclic) bond motifs is 1. The first-order chi connectivity index (χ1) is 7.97. The van der Waals surface area contributed by atoms with Gasteiger partial charge in [0, 0.05) is 6.54 Å². The zero-order valence-electron chi connectivity index (χ0n) is 11.1. The van der Waals surface area contributed by atoms with Gasteiger partial charge in [0.15, 0.2) is 0 Å². The Morgan fingerprint density at radius 1 is 1.41 bits per heavy atom. The Kier molecular flexibility index (Phi) is 3.61. The number of alkyl carbamates (subject to hydrolysis) is 1. The fourth-order valence-corrected chi connectivity index (χ4v) is 2.88. The van der Waals surface area contributed by atoms with Gasteiger partial charge in [0.1, 0.15) is 5.60 Å². The van der Waals surface area contributed by atoms with Crippen molar-refractivity contribution in [2.24, 2.45) is 17.8 Å². The SMILES string of the molecule is CC(C)(C)OC(=O)NCCC1C2CCNCC21. The molecule has 1 saturated carbocycles. The molecule has 3 unspecified atom stereocenters. The second kappa shape index (κ2) is 4.84. The van der Waals surface area contributed by atoms with Crippen LogP contribution in [0.3, 0.4) is 0 Å². The van der Waals surface area contributed by atoms with E-state index < -0.39 is 5.60 Å². The number of hydrogen-bond acceptors (Lipinski definition) is 3. The van der Waals surface area contributed by atoms with Gasteiger partial charge in [0.05, 0.1) is 0 Å². The van der Waals surface area contributed by atoms with E-state index >= 15 is 0 Å². The van der Waals surface area contributed by atoms with E-state index in [-0.39, 0.29) is 6.09 Å². The molecular formula is C13H24N2O2. The highest BCUT2D eigenvalue weighted by Gasteiger charge is 2.49. The lowest BCUT2D eigenvalue weighted by molar-refractivity contribution is 0.0526. The molecule has 2 aliphatic rings. The molecule has 2 rings (SSSR count). The van der Waals surface area contributed by atoms with Crippen molar-refractivity contribution in [3.05, 3.63) is 0 Å². The van der Waals surface area contributed by atoms with Crippen LogP contribution >= 0.6 is 0 Å². The summed E-state index contributed by atoms with van der Waals surface area (Å²) < 4.78 is 5.20. The van der Waals surface area contributed by atoms with Crippen molar-refractivity contribution in [2.75, 3.05) is 19.6 Å². The van der Waals surface area contributed by atoms with Crippen LogP contribution in [0.2, 0.25) is 0 Å². The van der Waals surface area contributed by atoms with Crippen LogP contribution in [0.15, 0.2) is 0 Å². The maximum atomic E-state index is 11.4. The molecule has 1 heterocycles. The zero-order chi connectivity index (χ0) is 12.5. The first kappa shape index (κ1) is 12.7. The third kappa shape index (κ3) is 3.60. The monoisotopic (exact) mass is 240 g/mol. The molecule has 1 amide bonds. The van der Waals surface area contributed by atoms with Gasteiger partial charge in [-0.1, -0.05) is 0 Å². The van der Waals surface area contributed by atoms with Crippen LogP contribution in [0.25, 0.3) is 0 Å². The smallest absolute Gasteiger partial charge is 0.407 e. The molecule has 2 fully saturated rings. The Bertz CT molecular complexity index is 274. The van der Waals surface area contributed by atoms with Gasteiger partial charge in [-0.05, 0) is 64.5 Å². The largest absolute Gasteiger partial charge is 0.444 e. The number of carbonyl (C=O) groups excluding carboxylic acids is 1. The summed E-state index contributed by atoms with van der Waals surface area (Å²) in [7, 11) is 0. The second-order valence-electron chi connectivity index (χ2n) is 6.20. The third-order valence-electron chi connectivity index (χ3n) is 3.69. The average molecular weight is 240 g/mol. The maximum absolute atomic E-state index is 11.4. The topological polar surface area (TPSA) is 50.4 Å². The molecule has 0 aromatic heterocycles.